The van der Waals surface area contributed by atoms with Crippen LogP contribution < -0.4 is 15.8 Å². The Morgan fingerprint density at radius 2 is 1.64 bits per heavy atom. The number of aromatic nitrogens is 1. The molecule has 0 fully saturated rings. The van der Waals surface area contributed by atoms with Crippen molar-refractivity contribution in [3.63, 3.8) is 0 Å². The molecule has 9 heteroatoms. The number of sulfonamides is 1. The van der Waals surface area contributed by atoms with Crippen LogP contribution >= 0.6 is 0 Å². The Morgan fingerprint density at radius 1 is 1.04 bits per heavy atom. The molecule has 1 aromatic carbocycles. The molecular formula is C19H26N4O4S. The van der Waals surface area contributed by atoms with Gasteiger partial charge in [0.05, 0.1) is 4.90 Å². The van der Waals surface area contributed by atoms with Gasteiger partial charge in [-0.1, -0.05) is 13.8 Å². The van der Waals surface area contributed by atoms with Gasteiger partial charge in [-0.15, -0.1) is 0 Å². The normalized spacial score (nSPS) is 11.5. The van der Waals surface area contributed by atoms with Crippen LogP contribution in [0.1, 0.15) is 13.8 Å². The number of rotatable bonds is 8. The van der Waals surface area contributed by atoms with Crippen molar-refractivity contribution >= 4 is 27.3 Å². The first-order valence-corrected chi connectivity index (χ1v) is 10.4. The standard InChI is InChI=1S/C19H26N4O4S/c1-5-23(6-2)28(26,27)17-11-12-19(25)22(13-17)14-18(24)20-15-7-9-16(10-8-15)21(3)4/h7-13H,5-6,14H2,1-4H3,(H,20,24). The molecule has 0 aliphatic heterocycles. The highest BCUT2D eigenvalue weighted by molar-refractivity contribution is 7.89. The molecule has 1 heterocycles. The lowest BCUT2D eigenvalue weighted by atomic mass is 10.2. The number of hydrogen-bond acceptors (Lipinski definition) is 5. The maximum atomic E-state index is 12.6. The van der Waals surface area contributed by atoms with Crippen LogP contribution in [0.25, 0.3) is 0 Å². The SMILES string of the molecule is CCN(CC)S(=O)(=O)c1ccc(=O)n(CC(=O)Nc2ccc(N(C)C)cc2)c1. The van der Waals surface area contributed by atoms with Gasteiger partial charge in [0.2, 0.25) is 15.9 Å². The van der Waals surface area contributed by atoms with Crippen LogP contribution in [0.15, 0.2) is 52.3 Å². The molecule has 1 amide bonds. The van der Waals surface area contributed by atoms with E-state index >= 15 is 0 Å². The minimum absolute atomic E-state index is 0.0149. The summed E-state index contributed by atoms with van der Waals surface area (Å²) in [5.41, 5.74) is 1.13. The summed E-state index contributed by atoms with van der Waals surface area (Å²) in [5.74, 6) is -0.419. The first-order chi connectivity index (χ1) is 13.2. The molecule has 0 aliphatic rings. The number of amides is 1. The van der Waals surface area contributed by atoms with Gasteiger partial charge >= 0.3 is 0 Å². The van der Waals surface area contributed by atoms with Crippen LogP contribution in [0, 0.1) is 0 Å². The molecule has 0 saturated heterocycles. The molecule has 0 unspecified atom stereocenters. The molecule has 1 aromatic heterocycles. The van der Waals surface area contributed by atoms with Crippen LogP contribution in [-0.4, -0.2) is 50.4 Å². The predicted octanol–water partition coefficient (Wildman–Crippen LogP) is 1.58. The lowest BCUT2D eigenvalue weighted by Gasteiger charge is -2.19. The van der Waals surface area contributed by atoms with E-state index in [1.165, 1.54) is 16.6 Å². The molecule has 0 spiro atoms. The highest BCUT2D eigenvalue weighted by atomic mass is 32.2. The molecule has 0 radical (unpaired) electrons. The molecule has 0 saturated carbocycles. The first-order valence-electron chi connectivity index (χ1n) is 8.97. The predicted molar refractivity (Wildman–Crippen MR) is 110 cm³/mol. The fourth-order valence-electron chi connectivity index (χ4n) is 2.70. The van der Waals surface area contributed by atoms with Gasteiger partial charge in [0.25, 0.3) is 5.56 Å². The van der Waals surface area contributed by atoms with E-state index < -0.39 is 21.5 Å². The molecule has 152 valence electrons. The fourth-order valence-corrected chi connectivity index (χ4v) is 4.17. The molecular weight excluding hydrogens is 380 g/mol. The monoisotopic (exact) mass is 406 g/mol. The number of nitrogens with zero attached hydrogens (tertiary/aromatic N) is 3. The average Bonchev–Trinajstić information content (AvgIpc) is 2.64. The molecule has 2 aromatic rings. The summed E-state index contributed by atoms with van der Waals surface area (Å²) in [7, 11) is 0.121. The van der Waals surface area contributed by atoms with E-state index in [0.29, 0.717) is 18.8 Å². The summed E-state index contributed by atoms with van der Waals surface area (Å²) in [5, 5.41) is 2.71. The van der Waals surface area contributed by atoms with Crippen molar-refractivity contribution in [2.45, 2.75) is 25.3 Å². The van der Waals surface area contributed by atoms with Gasteiger partial charge in [-0.3, -0.25) is 9.59 Å². The zero-order chi connectivity index (χ0) is 20.9. The Balaban J connectivity index is 2.19. The fraction of sp³-hybridized carbons (Fsp3) is 0.368. The van der Waals surface area contributed by atoms with Gasteiger partial charge in [-0.25, -0.2) is 8.42 Å². The van der Waals surface area contributed by atoms with Crippen molar-refractivity contribution in [1.82, 2.24) is 8.87 Å². The van der Waals surface area contributed by atoms with Crippen LogP contribution in [0.2, 0.25) is 0 Å². The molecule has 1 N–H and O–H groups in total. The van der Waals surface area contributed by atoms with Crippen LogP contribution in [0.3, 0.4) is 0 Å². The van der Waals surface area contributed by atoms with E-state index in [-0.39, 0.29) is 11.4 Å². The van der Waals surface area contributed by atoms with E-state index in [2.05, 4.69) is 5.32 Å². The Kier molecular flexibility index (Phi) is 6.98. The third-order valence-corrected chi connectivity index (χ3v) is 6.31. The van der Waals surface area contributed by atoms with Gasteiger partial charge in [0.15, 0.2) is 0 Å². The Bertz CT molecular complexity index is 978. The van der Waals surface area contributed by atoms with Crippen LogP contribution in [0.5, 0.6) is 0 Å². The molecule has 28 heavy (non-hydrogen) atoms. The van der Waals surface area contributed by atoms with E-state index in [1.807, 2.05) is 31.1 Å². The number of hydrogen-bond donors (Lipinski definition) is 1. The topological polar surface area (TPSA) is 91.7 Å². The number of anilines is 2. The molecule has 0 atom stereocenters. The van der Waals surface area contributed by atoms with Gasteiger partial charge < -0.3 is 14.8 Å². The van der Waals surface area contributed by atoms with Crippen molar-refractivity contribution in [3.8, 4) is 0 Å². The molecule has 8 nitrogen and oxygen atoms in total. The summed E-state index contributed by atoms with van der Waals surface area (Å²) in [6.07, 6.45) is 1.21. The largest absolute Gasteiger partial charge is 0.378 e. The molecule has 0 aliphatic carbocycles. The second kappa shape index (κ2) is 9.03. The number of pyridine rings is 1. The van der Waals surface area contributed by atoms with Gasteiger partial charge in [0.1, 0.15) is 6.54 Å². The van der Waals surface area contributed by atoms with Crippen molar-refractivity contribution in [2.75, 3.05) is 37.4 Å². The Morgan fingerprint density at radius 3 is 2.18 bits per heavy atom. The van der Waals surface area contributed by atoms with Gasteiger partial charge in [-0.2, -0.15) is 4.31 Å². The number of nitrogens with one attached hydrogen (secondary N) is 1. The quantitative estimate of drug-likeness (QED) is 0.719. The van der Waals surface area contributed by atoms with E-state index in [9.17, 15) is 18.0 Å². The van der Waals surface area contributed by atoms with Crippen molar-refractivity contribution in [2.24, 2.45) is 0 Å². The minimum atomic E-state index is -3.71. The Hall–Kier alpha value is -2.65. The summed E-state index contributed by atoms with van der Waals surface area (Å²) < 4.78 is 27.6. The number of carbonyl (C=O) groups excluding carboxylic acids is 1. The highest BCUT2D eigenvalue weighted by Gasteiger charge is 2.22. The lowest BCUT2D eigenvalue weighted by molar-refractivity contribution is -0.116. The summed E-state index contributed by atoms with van der Waals surface area (Å²) >= 11 is 0. The number of benzene rings is 1. The second-order valence-electron chi connectivity index (χ2n) is 6.41. The lowest BCUT2D eigenvalue weighted by Crippen LogP contribution is -2.33. The van der Waals surface area contributed by atoms with Crippen molar-refractivity contribution in [3.05, 3.63) is 52.9 Å². The first kappa shape index (κ1) is 21.6. The van der Waals surface area contributed by atoms with Crippen LogP contribution in [0.4, 0.5) is 11.4 Å². The van der Waals surface area contributed by atoms with Crippen molar-refractivity contribution < 1.29 is 13.2 Å². The third-order valence-electron chi connectivity index (χ3n) is 4.28. The Labute approximate surface area is 165 Å². The summed E-state index contributed by atoms with van der Waals surface area (Å²) in [6.45, 7) is 3.84. The van der Waals surface area contributed by atoms with Crippen LogP contribution in [-0.2, 0) is 21.4 Å². The van der Waals surface area contributed by atoms with Gasteiger partial charge in [-0.05, 0) is 30.3 Å². The molecule has 0 bridgehead atoms. The van der Waals surface area contributed by atoms with E-state index in [1.54, 1.807) is 26.0 Å². The minimum Gasteiger partial charge on any atom is -0.378 e. The molecule has 2 rings (SSSR count). The highest BCUT2D eigenvalue weighted by Crippen LogP contribution is 2.16. The average molecular weight is 407 g/mol. The summed E-state index contributed by atoms with van der Waals surface area (Å²) in [6, 6.07) is 9.67. The smallest absolute Gasteiger partial charge is 0.251 e. The second-order valence-corrected chi connectivity index (χ2v) is 8.35. The van der Waals surface area contributed by atoms with E-state index in [0.717, 1.165) is 16.3 Å². The third kappa shape index (κ3) is 4.99. The summed E-state index contributed by atoms with van der Waals surface area (Å²) in [4.78, 5) is 26.3. The van der Waals surface area contributed by atoms with Crippen molar-refractivity contribution in [1.29, 1.82) is 0 Å². The van der Waals surface area contributed by atoms with E-state index in [4.69, 9.17) is 0 Å². The van der Waals surface area contributed by atoms with Gasteiger partial charge in [0, 0.05) is 50.8 Å². The number of carbonyl (C=O) groups is 1. The maximum absolute atomic E-state index is 12.6. The zero-order valence-electron chi connectivity index (χ0n) is 16.5. The zero-order valence-corrected chi connectivity index (χ0v) is 17.4. The maximum Gasteiger partial charge on any atom is 0.251 e.